The van der Waals surface area contributed by atoms with Gasteiger partial charge in [-0.25, -0.2) is 9.69 Å². The quantitative estimate of drug-likeness (QED) is 0.807. The molecule has 5 rings (SSSR count). The number of carbonyl (C=O) groups is 1. The van der Waals surface area contributed by atoms with Crippen molar-refractivity contribution < 1.29 is 4.79 Å². The molecule has 2 aromatic rings. The summed E-state index contributed by atoms with van der Waals surface area (Å²) in [7, 11) is 0. The van der Waals surface area contributed by atoms with Crippen molar-refractivity contribution in [3.63, 3.8) is 0 Å². The van der Waals surface area contributed by atoms with Crippen LogP contribution in [0.1, 0.15) is 72.1 Å². The molecule has 2 aliphatic carbocycles. The van der Waals surface area contributed by atoms with E-state index in [1.54, 1.807) is 6.07 Å². The van der Waals surface area contributed by atoms with Crippen LogP contribution in [0.25, 0.3) is 5.69 Å². The molecular weight excluding hydrogens is 383 g/mol. The lowest BCUT2D eigenvalue weighted by Crippen LogP contribution is -2.45. The average molecular weight is 405 g/mol. The van der Waals surface area contributed by atoms with E-state index < -0.39 is 0 Å². The molecular formula is C20H22Cl2N4O. The van der Waals surface area contributed by atoms with Crippen LogP contribution in [0.3, 0.4) is 0 Å². The second-order valence-electron chi connectivity index (χ2n) is 7.85. The monoisotopic (exact) mass is 404 g/mol. The molecule has 2 bridgehead atoms. The van der Waals surface area contributed by atoms with Crippen molar-refractivity contribution in [1.82, 2.24) is 20.2 Å². The number of benzene rings is 1. The maximum atomic E-state index is 13.0. The number of aromatic nitrogens is 2. The summed E-state index contributed by atoms with van der Waals surface area (Å²) in [5.74, 6) is 0.803. The molecule has 1 aliphatic heterocycles. The van der Waals surface area contributed by atoms with Crippen LogP contribution in [-0.4, -0.2) is 33.8 Å². The second kappa shape index (κ2) is 6.80. The number of hydrogen-bond acceptors (Lipinski definition) is 3. The minimum atomic E-state index is -0.0930. The summed E-state index contributed by atoms with van der Waals surface area (Å²) in [5, 5.41) is 7.93. The molecule has 2 unspecified atom stereocenters. The smallest absolute Gasteiger partial charge is 0.283 e. The highest BCUT2D eigenvalue weighted by Crippen LogP contribution is 2.54. The molecule has 27 heavy (non-hydrogen) atoms. The highest BCUT2D eigenvalue weighted by Gasteiger charge is 2.44. The van der Waals surface area contributed by atoms with E-state index in [1.807, 2.05) is 21.8 Å². The molecule has 2 fully saturated rings. The molecule has 1 saturated carbocycles. The van der Waals surface area contributed by atoms with Crippen LogP contribution >= 0.6 is 23.2 Å². The van der Waals surface area contributed by atoms with Crippen LogP contribution in [0.5, 0.6) is 0 Å². The first-order valence-electron chi connectivity index (χ1n) is 9.76. The summed E-state index contributed by atoms with van der Waals surface area (Å²) >= 11 is 12.5. The van der Waals surface area contributed by atoms with Gasteiger partial charge in [0.1, 0.15) is 0 Å². The fourth-order valence-electron chi connectivity index (χ4n) is 4.94. The highest BCUT2D eigenvalue weighted by molar-refractivity contribution is 6.35. The van der Waals surface area contributed by atoms with Gasteiger partial charge in [0, 0.05) is 29.6 Å². The number of amides is 1. The molecule has 1 saturated heterocycles. The fourth-order valence-corrected chi connectivity index (χ4v) is 5.43. The fraction of sp³-hybridized carbons (Fsp3) is 0.500. The lowest BCUT2D eigenvalue weighted by atomic mass is 9.95. The first-order chi connectivity index (χ1) is 13.1. The third-order valence-corrected chi connectivity index (χ3v) is 6.69. The van der Waals surface area contributed by atoms with Crippen molar-refractivity contribution in [3.05, 3.63) is 45.2 Å². The normalized spacial score (nSPS) is 24.2. The van der Waals surface area contributed by atoms with Crippen molar-refractivity contribution in [2.75, 3.05) is 13.1 Å². The van der Waals surface area contributed by atoms with Crippen LogP contribution in [-0.2, 0) is 0 Å². The van der Waals surface area contributed by atoms with Gasteiger partial charge in [-0.1, -0.05) is 29.6 Å². The Hall–Kier alpha value is -1.56. The number of hydrazine groups is 1. The average Bonchev–Trinajstić information content (AvgIpc) is 3.35. The van der Waals surface area contributed by atoms with E-state index in [0.29, 0.717) is 27.6 Å². The molecule has 5 nitrogen and oxygen atoms in total. The molecule has 1 N–H and O–H groups in total. The van der Waals surface area contributed by atoms with Gasteiger partial charge in [0.2, 0.25) is 0 Å². The molecule has 2 atom stereocenters. The third kappa shape index (κ3) is 2.96. The first-order valence-corrected chi connectivity index (χ1v) is 10.5. The van der Waals surface area contributed by atoms with Crippen molar-refractivity contribution >= 4 is 29.1 Å². The van der Waals surface area contributed by atoms with Crippen molar-refractivity contribution in [3.8, 4) is 5.69 Å². The van der Waals surface area contributed by atoms with Gasteiger partial charge in [0.05, 0.1) is 16.4 Å². The molecule has 1 aromatic heterocycles. The number of hydrogen-bond donors (Lipinski definition) is 1. The standard InChI is InChI=1S/C20H22Cl2N4O/c21-14-6-7-16(15(22)11-14)26-19-13-5-4-12(10-13)17(19)18(23-26)20(27)24-25-8-2-1-3-9-25/h6-7,11-13H,1-5,8-10H2,(H,24,27). The Bertz CT molecular complexity index is 904. The molecule has 0 radical (unpaired) electrons. The number of fused-ring (bicyclic) bond motifs is 5. The summed E-state index contributed by atoms with van der Waals surface area (Å²) < 4.78 is 1.89. The van der Waals surface area contributed by atoms with Gasteiger partial charge in [0.25, 0.3) is 5.91 Å². The zero-order chi connectivity index (χ0) is 18.5. The SMILES string of the molecule is O=C(NN1CCCCC1)c1nn(-c2ccc(Cl)cc2Cl)c2c1C1CCC2C1. The van der Waals surface area contributed by atoms with E-state index in [0.717, 1.165) is 56.4 Å². The molecule has 1 aromatic carbocycles. The molecule has 1 amide bonds. The Morgan fingerprint density at radius 2 is 1.89 bits per heavy atom. The summed E-state index contributed by atoms with van der Waals surface area (Å²) in [4.78, 5) is 13.0. The summed E-state index contributed by atoms with van der Waals surface area (Å²) in [6.45, 7) is 1.81. The van der Waals surface area contributed by atoms with Gasteiger partial charge in [-0.3, -0.25) is 10.2 Å². The van der Waals surface area contributed by atoms with Crippen LogP contribution in [0.15, 0.2) is 18.2 Å². The Balaban J connectivity index is 1.55. The van der Waals surface area contributed by atoms with Crippen LogP contribution < -0.4 is 5.43 Å². The molecule has 0 spiro atoms. The topological polar surface area (TPSA) is 50.2 Å². The lowest BCUT2D eigenvalue weighted by molar-refractivity contribution is 0.0743. The van der Waals surface area contributed by atoms with E-state index in [9.17, 15) is 4.79 Å². The van der Waals surface area contributed by atoms with E-state index in [1.165, 1.54) is 12.1 Å². The van der Waals surface area contributed by atoms with Crippen LogP contribution in [0, 0.1) is 0 Å². The third-order valence-electron chi connectivity index (χ3n) is 6.16. The molecule has 142 valence electrons. The Labute approximate surface area is 168 Å². The Kier molecular flexibility index (Phi) is 4.42. The predicted molar refractivity (Wildman–Crippen MR) is 106 cm³/mol. The minimum absolute atomic E-state index is 0.0930. The Morgan fingerprint density at radius 1 is 1.11 bits per heavy atom. The van der Waals surface area contributed by atoms with Crippen LogP contribution in [0.2, 0.25) is 10.0 Å². The van der Waals surface area contributed by atoms with E-state index >= 15 is 0 Å². The van der Waals surface area contributed by atoms with Crippen molar-refractivity contribution in [1.29, 1.82) is 0 Å². The van der Waals surface area contributed by atoms with Gasteiger partial charge in [-0.05, 0) is 56.2 Å². The Morgan fingerprint density at radius 3 is 2.67 bits per heavy atom. The maximum absolute atomic E-state index is 13.0. The number of rotatable bonds is 3. The zero-order valence-corrected chi connectivity index (χ0v) is 16.6. The van der Waals surface area contributed by atoms with Gasteiger partial charge in [-0.15, -0.1) is 0 Å². The lowest BCUT2D eigenvalue weighted by Gasteiger charge is -2.26. The zero-order valence-electron chi connectivity index (χ0n) is 15.0. The summed E-state index contributed by atoms with van der Waals surface area (Å²) in [5.41, 5.74) is 6.73. The number of nitrogens with zero attached hydrogens (tertiary/aromatic N) is 3. The summed E-state index contributed by atoms with van der Waals surface area (Å²) in [6, 6.07) is 5.43. The number of nitrogens with one attached hydrogen (secondary N) is 1. The van der Waals surface area contributed by atoms with E-state index in [4.69, 9.17) is 28.3 Å². The minimum Gasteiger partial charge on any atom is -0.283 e. The van der Waals surface area contributed by atoms with Gasteiger partial charge in [0.15, 0.2) is 5.69 Å². The van der Waals surface area contributed by atoms with Gasteiger partial charge >= 0.3 is 0 Å². The van der Waals surface area contributed by atoms with Crippen LogP contribution in [0.4, 0.5) is 0 Å². The second-order valence-corrected chi connectivity index (χ2v) is 8.69. The first kappa shape index (κ1) is 17.5. The number of piperidine rings is 1. The number of halogens is 2. The molecule has 2 heterocycles. The largest absolute Gasteiger partial charge is 0.286 e. The summed E-state index contributed by atoms with van der Waals surface area (Å²) in [6.07, 6.45) is 6.89. The van der Waals surface area contributed by atoms with Crippen molar-refractivity contribution in [2.24, 2.45) is 0 Å². The van der Waals surface area contributed by atoms with Gasteiger partial charge in [-0.2, -0.15) is 5.10 Å². The van der Waals surface area contributed by atoms with Gasteiger partial charge < -0.3 is 0 Å². The maximum Gasteiger partial charge on any atom is 0.286 e. The van der Waals surface area contributed by atoms with Crippen molar-refractivity contribution in [2.45, 2.75) is 50.4 Å². The molecule has 3 aliphatic rings. The number of carbonyl (C=O) groups excluding carboxylic acids is 1. The molecule has 7 heteroatoms. The highest BCUT2D eigenvalue weighted by atomic mass is 35.5. The van der Waals surface area contributed by atoms with E-state index in [2.05, 4.69) is 5.43 Å². The predicted octanol–water partition coefficient (Wildman–Crippen LogP) is 4.67. The van der Waals surface area contributed by atoms with E-state index in [-0.39, 0.29) is 5.91 Å².